The number of aryl methyl sites for hydroxylation is 1. The molecule has 2 heteroatoms. The van der Waals surface area contributed by atoms with Gasteiger partial charge in [0.05, 0.1) is 6.61 Å². The summed E-state index contributed by atoms with van der Waals surface area (Å²) in [6.45, 7) is 4.40. The van der Waals surface area contributed by atoms with Crippen LogP contribution in [0.15, 0.2) is 48.5 Å². The third-order valence-electron chi connectivity index (χ3n) is 3.58. The fourth-order valence-corrected chi connectivity index (χ4v) is 2.38. The van der Waals surface area contributed by atoms with Gasteiger partial charge in [-0.1, -0.05) is 55.8 Å². The van der Waals surface area contributed by atoms with Crippen LogP contribution in [0.5, 0.6) is 0 Å². The molecule has 2 N–H and O–H groups in total. The Morgan fingerprint density at radius 1 is 1.05 bits per heavy atom. The van der Waals surface area contributed by atoms with Gasteiger partial charge < -0.3 is 10.4 Å². The molecule has 0 aliphatic heterocycles. The zero-order chi connectivity index (χ0) is 14.4. The first kappa shape index (κ1) is 14.6. The minimum absolute atomic E-state index is 0.0608. The number of nitrogens with one attached hydrogen (secondary N) is 1. The first-order chi connectivity index (χ1) is 9.74. The van der Waals surface area contributed by atoms with E-state index in [1.54, 1.807) is 0 Å². The third kappa shape index (κ3) is 3.61. The third-order valence-corrected chi connectivity index (χ3v) is 3.58. The molecule has 2 rings (SSSR count). The average Bonchev–Trinajstić information content (AvgIpc) is 2.49. The van der Waals surface area contributed by atoms with Crippen molar-refractivity contribution in [2.45, 2.75) is 39.3 Å². The first-order valence-corrected chi connectivity index (χ1v) is 7.28. The van der Waals surface area contributed by atoms with Crippen LogP contribution >= 0.6 is 0 Å². The lowest BCUT2D eigenvalue weighted by atomic mass is 10.0. The summed E-state index contributed by atoms with van der Waals surface area (Å²) >= 11 is 0. The highest BCUT2D eigenvalue weighted by Gasteiger charge is 2.07. The van der Waals surface area contributed by atoms with E-state index in [0.29, 0.717) is 0 Å². The smallest absolute Gasteiger partial charge is 0.0701 e. The van der Waals surface area contributed by atoms with Crippen molar-refractivity contribution < 1.29 is 5.11 Å². The summed E-state index contributed by atoms with van der Waals surface area (Å²) in [5.41, 5.74) is 4.58. The predicted molar refractivity (Wildman–Crippen MR) is 84.8 cm³/mol. The lowest BCUT2D eigenvalue weighted by Crippen LogP contribution is -2.08. The second-order valence-corrected chi connectivity index (χ2v) is 5.17. The Kier molecular flexibility index (Phi) is 5.19. The lowest BCUT2D eigenvalue weighted by Gasteiger charge is -2.18. The van der Waals surface area contributed by atoms with Gasteiger partial charge in [-0.3, -0.25) is 0 Å². The van der Waals surface area contributed by atoms with Crippen LogP contribution in [0.25, 0.3) is 0 Å². The highest BCUT2D eigenvalue weighted by Crippen LogP contribution is 2.23. The second kappa shape index (κ2) is 7.11. The van der Waals surface area contributed by atoms with Crippen LogP contribution in [0, 0.1) is 0 Å². The van der Waals surface area contributed by atoms with Crippen LogP contribution in [0.4, 0.5) is 5.69 Å². The molecule has 1 unspecified atom stereocenters. The number of anilines is 1. The molecule has 0 saturated carbocycles. The molecule has 2 nitrogen and oxygen atoms in total. The van der Waals surface area contributed by atoms with Gasteiger partial charge in [0.15, 0.2) is 0 Å². The Hall–Kier alpha value is -1.80. The Balaban J connectivity index is 2.09. The zero-order valence-corrected chi connectivity index (χ0v) is 12.3. The largest absolute Gasteiger partial charge is 0.392 e. The van der Waals surface area contributed by atoms with Gasteiger partial charge in [0.2, 0.25) is 0 Å². The van der Waals surface area contributed by atoms with Gasteiger partial charge in [-0.25, -0.2) is 0 Å². The van der Waals surface area contributed by atoms with E-state index in [4.69, 9.17) is 0 Å². The van der Waals surface area contributed by atoms with Crippen molar-refractivity contribution in [1.29, 1.82) is 0 Å². The number of aliphatic hydroxyl groups is 1. The van der Waals surface area contributed by atoms with Crippen LogP contribution in [-0.4, -0.2) is 5.11 Å². The topological polar surface area (TPSA) is 32.3 Å². The van der Waals surface area contributed by atoms with E-state index in [1.807, 2.05) is 24.3 Å². The van der Waals surface area contributed by atoms with Gasteiger partial charge in [-0.15, -0.1) is 0 Å². The molecule has 0 saturated heterocycles. The standard InChI is InChI=1S/C18H23NO/c1-3-6-15-9-11-16(12-10-15)14(2)19-18-8-5-4-7-17(18)13-20/h4-5,7-12,14,19-20H,3,6,13H2,1-2H3. The molecule has 106 valence electrons. The summed E-state index contributed by atoms with van der Waals surface area (Å²) in [5.74, 6) is 0. The van der Waals surface area contributed by atoms with E-state index in [0.717, 1.165) is 17.7 Å². The number of rotatable bonds is 6. The summed E-state index contributed by atoms with van der Waals surface area (Å²) in [7, 11) is 0. The number of aliphatic hydroxyl groups excluding tert-OH is 1. The van der Waals surface area contributed by atoms with Crippen LogP contribution < -0.4 is 5.32 Å². The van der Waals surface area contributed by atoms with E-state index in [1.165, 1.54) is 17.5 Å². The molecule has 0 amide bonds. The molecule has 0 bridgehead atoms. The molecule has 2 aromatic carbocycles. The van der Waals surface area contributed by atoms with Crippen molar-refractivity contribution in [3.8, 4) is 0 Å². The zero-order valence-electron chi connectivity index (χ0n) is 12.3. The van der Waals surface area contributed by atoms with Gasteiger partial charge >= 0.3 is 0 Å². The van der Waals surface area contributed by atoms with Crippen LogP contribution in [-0.2, 0) is 13.0 Å². The quantitative estimate of drug-likeness (QED) is 0.819. The van der Waals surface area contributed by atoms with E-state index in [9.17, 15) is 5.11 Å². The maximum Gasteiger partial charge on any atom is 0.0701 e. The maximum atomic E-state index is 9.36. The molecule has 0 heterocycles. The fourth-order valence-electron chi connectivity index (χ4n) is 2.38. The summed E-state index contributed by atoms with van der Waals surface area (Å²) in [4.78, 5) is 0. The van der Waals surface area contributed by atoms with Crippen molar-refractivity contribution in [1.82, 2.24) is 0 Å². The van der Waals surface area contributed by atoms with Crippen molar-refractivity contribution in [3.05, 3.63) is 65.2 Å². The minimum atomic E-state index is 0.0608. The van der Waals surface area contributed by atoms with E-state index in [-0.39, 0.29) is 12.6 Å². The monoisotopic (exact) mass is 269 g/mol. The van der Waals surface area contributed by atoms with Crippen molar-refractivity contribution in [3.63, 3.8) is 0 Å². The molecular formula is C18H23NO. The van der Waals surface area contributed by atoms with Crippen molar-refractivity contribution >= 4 is 5.69 Å². The fraction of sp³-hybridized carbons (Fsp3) is 0.333. The van der Waals surface area contributed by atoms with Gasteiger partial charge in [-0.05, 0) is 30.5 Å². The normalized spacial score (nSPS) is 12.2. The Morgan fingerprint density at radius 2 is 1.75 bits per heavy atom. The predicted octanol–water partition coefficient (Wildman–Crippen LogP) is 4.30. The molecule has 0 aromatic heterocycles. The molecule has 0 fully saturated rings. The first-order valence-electron chi connectivity index (χ1n) is 7.28. The highest BCUT2D eigenvalue weighted by atomic mass is 16.3. The molecule has 2 aromatic rings. The summed E-state index contributed by atoms with van der Waals surface area (Å²) in [5, 5.41) is 12.8. The van der Waals surface area contributed by atoms with Gasteiger partial charge in [0, 0.05) is 17.3 Å². The summed E-state index contributed by atoms with van der Waals surface area (Å²) in [6, 6.07) is 16.9. The molecule has 1 atom stereocenters. The average molecular weight is 269 g/mol. The molecule has 0 radical (unpaired) electrons. The van der Waals surface area contributed by atoms with Gasteiger partial charge in [-0.2, -0.15) is 0 Å². The molecule has 0 aliphatic carbocycles. The summed E-state index contributed by atoms with van der Waals surface area (Å²) in [6.07, 6.45) is 2.31. The Morgan fingerprint density at radius 3 is 2.40 bits per heavy atom. The number of benzene rings is 2. The number of hydrogen-bond acceptors (Lipinski definition) is 2. The molecular weight excluding hydrogens is 246 g/mol. The van der Waals surface area contributed by atoms with Gasteiger partial charge in [0.25, 0.3) is 0 Å². The molecule has 0 spiro atoms. The Labute approximate surface area is 121 Å². The minimum Gasteiger partial charge on any atom is -0.392 e. The van der Waals surface area contributed by atoms with E-state index >= 15 is 0 Å². The van der Waals surface area contributed by atoms with Crippen LogP contribution in [0.1, 0.15) is 43.0 Å². The van der Waals surface area contributed by atoms with Crippen molar-refractivity contribution in [2.75, 3.05) is 5.32 Å². The second-order valence-electron chi connectivity index (χ2n) is 5.17. The molecule has 0 aliphatic rings. The van der Waals surface area contributed by atoms with E-state index in [2.05, 4.69) is 43.4 Å². The van der Waals surface area contributed by atoms with Crippen LogP contribution in [0.3, 0.4) is 0 Å². The number of hydrogen-bond donors (Lipinski definition) is 2. The summed E-state index contributed by atoms with van der Waals surface area (Å²) < 4.78 is 0. The SMILES string of the molecule is CCCc1ccc(C(C)Nc2ccccc2CO)cc1. The Bertz CT molecular complexity index is 533. The van der Waals surface area contributed by atoms with Crippen LogP contribution in [0.2, 0.25) is 0 Å². The van der Waals surface area contributed by atoms with E-state index < -0.39 is 0 Å². The van der Waals surface area contributed by atoms with Gasteiger partial charge in [0.1, 0.15) is 0 Å². The lowest BCUT2D eigenvalue weighted by molar-refractivity contribution is 0.282. The molecule has 20 heavy (non-hydrogen) atoms. The maximum absolute atomic E-state index is 9.36. The van der Waals surface area contributed by atoms with Crippen molar-refractivity contribution in [2.24, 2.45) is 0 Å². The highest BCUT2D eigenvalue weighted by molar-refractivity contribution is 5.52. The number of para-hydroxylation sites is 1.